The number of carbonyl (C=O) groups excluding carboxylic acids is 1. The van der Waals surface area contributed by atoms with Gasteiger partial charge in [0.15, 0.2) is 12.6 Å². The van der Waals surface area contributed by atoms with Gasteiger partial charge in [-0.1, -0.05) is 128 Å². The minimum atomic E-state index is -1.79. The van der Waals surface area contributed by atoms with Crippen molar-refractivity contribution in [2.75, 3.05) is 19.8 Å². The van der Waals surface area contributed by atoms with Crippen molar-refractivity contribution in [2.45, 2.75) is 216 Å². The average molecular weight is 804 g/mol. The third-order valence-electron chi connectivity index (χ3n) is 10.6. The van der Waals surface area contributed by atoms with Crippen molar-refractivity contribution in [3.05, 3.63) is 24.3 Å². The van der Waals surface area contributed by atoms with Gasteiger partial charge < -0.3 is 65.1 Å². The minimum Gasteiger partial charge on any atom is -0.394 e. The fourth-order valence-corrected chi connectivity index (χ4v) is 7.01. The van der Waals surface area contributed by atoms with Crippen molar-refractivity contribution < 1.29 is 64.6 Å². The molecule has 0 saturated carbocycles. The van der Waals surface area contributed by atoms with Gasteiger partial charge in [0.05, 0.1) is 32.0 Å². The van der Waals surface area contributed by atoms with E-state index in [1.807, 2.05) is 6.08 Å². The maximum Gasteiger partial charge on any atom is 0.220 e. The Balaban J connectivity index is 1.91. The molecule has 0 spiro atoms. The highest BCUT2D eigenvalue weighted by Gasteiger charge is 2.50. The van der Waals surface area contributed by atoms with E-state index in [9.17, 15) is 45.6 Å². The molecule has 2 aliphatic heterocycles. The van der Waals surface area contributed by atoms with Crippen molar-refractivity contribution in [1.82, 2.24) is 5.32 Å². The molecule has 1 amide bonds. The molecule has 0 aromatic rings. The lowest BCUT2D eigenvalue weighted by Crippen LogP contribution is -2.65. The molecule has 2 heterocycles. The first-order valence-electron chi connectivity index (χ1n) is 21.6. The average Bonchev–Trinajstić information content (AvgIpc) is 3.19. The Labute approximate surface area is 335 Å². The molecular weight excluding hydrogens is 726 g/mol. The summed E-state index contributed by atoms with van der Waals surface area (Å²) in [6.07, 6.45) is 12.7. The molecule has 0 aromatic carbocycles. The number of unbranched alkanes of at least 4 members (excludes halogenated alkanes) is 16. The lowest BCUT2D eigenvalue weighted by molar-refractivity contribution is -0.359. The molecule has 2 saturated heterocycles. The zero-order valence-electron chi connectivity index (χ0n) is 34.1. The Hall–Kier alpha value is -1.53. The van der Waals surface area contributed by atoms with Gasteiger partial charge in [0.25, 0.3) is 0 Å². The van der Waals surface area contributed by atoms with Gasteiger partial charge in [-0.15, -0.1) is 0 Å². The smallest absolute Gasteiger partial charge is 0.220 e. The van der Waals surface area contributed by atoms with Crippen molar-refractivity contribution in [3.8, 4) is 0 Å². The first-order valence-corrected chi connectivity index (χ1v) is 21.6. The molecule has 12 atom stereocenters. The van der Waals surface area contributed by atoms with Crippen LogP contribution in [0.4, 0.5) is 0 Å². The van der Waals surface area contributed by atoms with E-state index < -0.39 is 86.8 Å². The Morgan fingerprint density at radius 1 is 0.625 bits per heavy atom. The van der Waals surface area contributed by atoms with Gasteiger partial charge >= 0.3 is 0 Å². The third-order valence-corrected chi connectivity index (χ3v) is 10.6. The van der Waals surface area contributed by atoms with Crippen LogP contribution in [-0.4, -0.2) is 140 Å². The van der Waals surface area contributed by atoms with Crippen LogP contribution < -0.4 is 5.32 Å². The molecule has 0 radical (unpaired) electrons. The quantitative estimate of drug-likeness (QED) is 0.0362. The zero-order valence-corrected chi connectivity index (χ0v) is 34.1. The summed E-state index contributed by atoms with van der Waals surface area (Å²) < 4.78 is 22.5. The van der Waals surface area contributed by atoms with E-state index in [1.54, 1.807) is 6.08 Å². The summed E-state index contributed by atoms with van der Waals surface area (Å²) in [6.45, 7) is 2.66. The second kappa shape index (κ2) is 30.5. The van der Waals surface area contributed by atoms with Crippen molar-refractivity contribution >= 4 is 5.91 Å². The van der Waals surface area contributed by atoms with Gasteiger partial charge in [-0.3, -0.25) is 4.79 Å². The van der Waals surface area contributed by atoms with Gasteiger partial charge in [0, 0.05) is 6.42 Å². The number of amides is 1. The molecule has 14 heteroatoms. The molecule has 0 aromatic heterocycles. The number of nitrogens with one attached hydrogen (secondary N) is 1. The highest BCUT2D eigenvalue weighted by molar-refractivity contribution is 5.76. The van der Waals surface area contributed by atoms with Crippen LogP contribution in [0.3, 0.4) is 0 Å². The van der Waals surface area contributed by atoms with E-state index in [2.05, 4.69) is 31.3 Å². The van der Waals surface area contributed by atoms with E-state index in [0.29, 0.717) is 12.8 Å². The van der Waals surface area contributed by atoms with Crippen molar-refractivity contribution in [3.63, 3.8) is 0 Å². The normalized spacial score (nSPS) is 29.6. The van der Waals surface area contributed by atoms with Gasteiger partial charge in [0.2, 0.25) is 5.91 Å². The van der Waals surface area contributed by atoms with E-state index in [4.69, 9.17) is 18.9 Å². The largest absolute Gasteiger partial charge is 0.394 e. The number of aliphatic hydroxyl groups excluding tert-OH is 8. The predicted molar refractivity (Wildman–Crippen MR) is 212 cm³/mol. The Morgan fingerprint density at radius 2 is 1.14 bits per heavy atom. The molecule has 2 fully saturated rings. The van der Waals surface area contributed by atoms with Gasteiger partial charge in [-0.25, -0.2) is 0 Å². The number of rotatable bonds is 31. The highest BCUT2D eigenvalue weighted by atomic mass is 16.7. The molecular formula is C42H77NO13. The summed E-state index contributed by atoms with van der Waals surface area (Å²) in [5, 5.41) is 86.0. The molecule has 2 rings (SSSR count). The molecule has 2 aliphatic rings. The Morgan fingerprint density at radius 3 is 1.75 bits per heavy atom. The molecule has 56 heavy (non-hydrogen) atoms. The van der Waals surface area contributed by atoms with Crippen LogP contribution in [0, 0.1) is 0 Å². The fraction of sp³-hybridized carbons (Fsp3) is 0.881. The lowest BCUT2D eigenvalue weighted by atomic mass is 9.97. The number of allylic oxidation sites excluding steroid dienone is 3. The van der Waals surface area contributed by atoms with Crippen LogP contribution >= 0.6 is 0 Å². The summed E-state index contributed by atoms with van der Waals surface area (Å²) in [5.41, 5.74) is 0. The second-order valence-electron chi connectivity index (χ2n) is 15.5. The molecule has 0 bridgehead atoms. The molecule has 328 valence electrons. The zero-order chi connectivity index (χ0) is 41.1. The first kappa shape index (κ1) is 50.6. The minimum absolute atomic E-state index is 0.261. The van der Waals surface area contributed by atoms with Crippen LogP contribution in [-0.2, 0) is 23.7 Å². The summed E-state index contributed by atoms with van der Waals surface area (Å²) in [6, 6.07) is -0.922. The first-order chi connectivity index (χ1) is 27.1. The van der Waals surface area contributed by atoms with Crippen molar-refractivity contribution in [2.24, 2.45) is 0 Å². The molecule has 0 aliphatic carbocycles. The number of aliphatic hydroxyl groups is 8. The lowest BCUT2D eigenvalue weighted by Gasteiger charge is -2.46. The second-order valence-corrected chi connectivity index (χ2v) is 15.5. The van der Waals surface area contributed by atoms with E-state index in [1.165, 1.54) is 64.2 Å². The molecule has 12 unspecified atom stereocenters. The van der Waals surface area contributed by atoms with Crippen LogP contribution in [0.25, 0.3) is 0 Å². The summed E-state index contributed by atoms with van der Waals surface area (Å²) >= 11 is 0. The SMILES string of the molecule is CCCCCCCCCCCC/C=C/CC/C=C/C(O)C(COC1OC(CO)C(OC2OC(CO)C(O)C(O)C2O)C(O)C1O)NC(=O)CCCCCCCC. The van der Waals surface area contributed by atoms with Crippen LogP contribution in [0.1, 0.15) is 142 Å². The number of hydrogen-bond acceptors (Lipinski definition) is 13. The third kappa shape index (κ3) is 19.0. The number of carbonyl (C=O) groups is 1. The van der Waals surface area contributed by atoms with E-state index >= 15 is 0 Å². The molecule has 9 N–H and O–H groups in total. The maximum atomic E-state index is 12.9. The van der Waals surface area contributed by atoms with Gasteiger partial charge in [-0.05, 0) is 32.1 Å². The Kier molecular flexibility index (Phi) is 27.6. The topological polar surface area (TPSA) is 228 Å². The van der Waals surface area contributed by atoms with Crippen LogP contribution in [0.2, 0.25) is 0 Å². The van der Waals surface area contributed by atoms with Crippen LogP contribution in [0.15, 0.2) is 24.3 Å². The summed E-state index contributed by atoms with van der Waals surface area (Å²) in [4.78, 5) is 12.9. The van der Waals surface area contributed by atoms with Gasteiger partial charge in [-0.2, -0.15) is 0 Å². The maximum absolute atomic E-state index is 12.9. The number of hydrogen-bond donors (Lipinski definition) is 9. The summed E-state index contributed by atoms with van der Waals surface area (Å²) in [7, 11) is 0. The molecule has 14 nitrogen and oxygen atoms in total. The number of ether oxygens (including phenoxy) is 4. The van der Waals surface area contributed by atoms with E-state index in [0.717, 1.165) is 44.9 Å². The fourth-order valence-electron chi connectivity index (χ4n) is 7.01. The highest BCUT2D eigenvalue weighted by Crippen LogP contribution is 2.30. The van der Waals surface area contributed by atoms with E-state index in [-0.39, 0.29) is 18.9 Å². The van der Waals surface area contributed by atoms with Crippen molar-refractivity contribution in [1.29, 1.82) is 0 Å². The Bertz CT molecular complexity index is 1050. The monoisotopic (exact) mass is 804 g/mol. The summed E-state index contributed by atoms with van der Waals surface area (Å²) in [5.74, 6) is -0.261. The van der Waals surface area contributed by atoms with Gasteiger partial charge in [0.1, 0.15) is 48.8 Å². The van der Waals surface area contributed by atoms with Crippen LogP contribution in [0.5, 0.6) is 0 Å². The predicted octanol–water partition coefficient (Wildman–Crippen LogP) is 3.43. The standard InChI is InChI=1S/C42H77NO13/c1-3-5-7-9-11-12-13-14-15-16-17-18-19-20-21-23-25-31(46)30(43-34(47)26-24-22-10-8-6-4-2)29-53-41-39(52)37(50)40(33(28-45)55-41)56-42-38(51)36(49)35(48)32(27-44)54-42/h18-19,23,25,30-33,35-42,44-46,48-52H,3-17,20-22,24,26-29H2,1-2H3,(H,43,47)/b19-18+,25-23+.